The maximum Gasteiger partial charge on any atom is 0.167 e. The summed E-state index contributed by atoms with van der Waals surface area (Å²) < 4.78 is 15.6. The molecule has 0 aliphatic carbocycles. The summed E-state index contributed by atoms with van der Waals surface area (Å²) in [7, 11) is 0. The van der Waals surface area contributed by atoms with Gasteiger partial charge in [-0.05, 0) is 20.8 Å². The lowest BCUT2D eigenvalue weighted by Crippen LogP contribution is -2.37. The van der Waals surface area contributed by atoms with E-state index in [0.29, 0.717) is 25.6 Å². The number of ether oxygens (including phenoxy) is 2. The Morgan fingerprint density at radius 3 is 2.64 bits per heavy atom. The topological polar surface area (TPSA) is 83.1 Å². The number of aryl methyl sites for hydroxylation is 1. The normalized spacial score (nSPS) is 19.2. The van der Waals surface area contributed by atoms with Gasteiger partial charge >= 0.3 is 0 Å². The largest absolute Gasteiger partial charge is 0.378 e. The fourth-order valence-corrected chi connectivity index (χ4v) is 3.89. The summed E-state index contributed by atoms with van der Waals surface area (Å²) in [5.41, 5.74) is 2.17. The Hall–Kier alpha value is -2.52. The van der Waals surface area contributed by atoms with Crippen LogP contribution in [0.4, 0.5) is 5.82 Å². The number of aromatic nitrogens is 6. The number of fused-ring (bicyclic) bond motifs is 3. The molecular formula is C19H25N7O2. The number of anilines is 1. The van der Waals surface area contributed by atoms with Crippen molar-refractivity contribution in [3.63, 3.8) is 0 Å². The first-order valence-corrected chi connectivity index (χ1v) is 9.85. The SMILES string of the molecule is CCn1cc(-c2nc(N3CCOCC3)c3nc4n(c3n2)CCOC4(C)C)cn1. The van der Waals surface area contributed by atoms with E-state index in [2.05, 4.69) is 35.3 Å². The Labute approximate surface area is 163 Å². The molecule has 0 spiro atoms. The number of imidazole rings is 1. The summed E-state index contributed by atoms with van der Waals surface area (Å²) in [6, 6.07) is 0. The second kappa shape index (κ2) is 6.52. The van der Waals surface area contributed by atoms with Crippen LogP contribution in [0.2, 0.25) is 0 Å². The fraction of sp³-hybridized carbons (Fsp3) is 0.579. The molecule has 1 saturated heterocycles. The van der Waals surface area contributed by atoms with Gasteiger partial charge in [-0.2, -0.15) is 5.10 Å². The highest BCUT2D eigenvalue weighted by Gasteiger charge is 2.34. The molecule has 3 aromatic rings. The van der Waals surface area contributed by atoms with Gasteiger partial charge in [0.15, 0.2) is 22.8 Å². The van der Waals surface area contributed by atoms with Crippen molar-refractivity contribution in [3.05, 3.63) is 18.2 Å². The van der Waals surface area contributed by atoms with Gasteiger partial charge < -0.3 is 18.9 Å². The first kappa shape index (κ1) is 17.6. The summed E-state index contributed by atoms with van der Waals surface area (Å²) in [5.74, 6) is 2.45. The average Bonchev–Trinajstić information content (AvgIpc) is 3.33. The van der Waals surface area contributed by atoms with Crippen molar-refractivity contribution >= 4 is 17.0 Å². The van der Waals surface area contributed by atoms with Crippen LogP contribution in [-0.2, 0) is 28.2 Å². The number of rotatable bonds is 3. The Morgan fingerprint density at radius 1 is 1.07 bits per heavy atom. The molecule has 5 heterocycles. The molecule has 1 fully saturated rings. The zero-order chi connectivity index (χ0) is 19.3. The third-order valence-electron chi connectivity index (χ3n) is 5.42. The molecule has 0 radical (unpaired) electrons. The first-order valence-electron chi connectivity index (χ1n) is 9.85. The summed E-state index contributed by atoms with van der Waals surface area (Å²) in [5, 5.41) is 4.39. The van der Waals surface area contributed by atoms with Gasteiger partial charge in [-0.15, -0.1) is 0 Å². The predicted molar refractivity (Wildman–Crippen MR) is 104 cm³/mol. The van der Waals surface area contributed by atoms with Crippen molar-refractivity contribution < 1.29 is 9.47 Å². The molecule has 9 nitrogen and oxygen atoms in total. The van der Waals surface area contributed by atoms with E-state index in [-0.39, 0.29) is 0 Å². The van der Waals surface area contributed by atoms with E-state index >= 15 is 0 Å². The minimum absolute atomic E-state index is 0.450. The lowest BCUT2D eigenvalue weighted by atomic mass is 10.1. The third-order valence-corrected chi connectivity index (χ3v) is 5.42. The minimum atomic E-state index is -0.450. The molecule has 2 aliphatic heterocycles. The van der Waals surface area contributed by atoms with Crippen molar-refractivity contribution in [2.24, 2.45) is 0 Å². The van der Waals surface area contributed by atoms with Crippen molar-refractivity contribution in [3.8, 4) is 11.4 Å². The molecule has 2 aliphatic rings. The van der Waals surface area contributed by atoms with E-state index in [4.69, 9.17) is 24.4 Å². The monoisotopic (exact) mass is 383 g/mol. The number of hydrogen-bond acceptors (Lipinski definition) is 7. The van der Waals surface area contributed by atoms with Gasteiger partial charge in [0.2, 0.25) is 0 Å². The van der Waals surface area contributed by atoms with Gasteiger partial charge in [0.1, 0.15) is 11.4 Å². The first-order chi connectivity index (χ1) is 13.6. The van der Waals surface area contributed by atoms with Crippen molar-refractivity contribution in [2.75, 3.05) is 37.8 Å². The molecule has 3 aromatic heterocycles. The quantitative estimate of drug-likeness (QED) is 0.682. The number of nitrogens with zero attached hydrogens (tertiary/aromatic N) is 7. The Balaban J connectivity index is 1.73. The van der Waals surface area contributed by atoms with Crippen LogP contribution < -0.4 is 4.90 Å². The molecule has 0 saturated carbocycles. The zero-order valence-corrected chi connectivity index (χ0v) is 16.6. The van der Waals surface area contributed by atoms with Gasteiger partial charge in [-0.1, -0.05) is 0 Å². The van der Waals surface area contributed by atoms with E-state index < -0.39 is 5.60 Å². The Kier molecular flexibility index (Phi) is 4.09. The van der Waals surface area contributed by atoms with Crippen LogP contribution in [0.25, 0.3) is 22.6 Å². The average molecular weight is 383 g/mol. The van der Waals surface area contributed by atoms with Crippen molar-refractivity contribution in [1.29, 1.82) is 0 Å². The standard InChI is InChI=1S/C19H25N7O2/c1-4-25-12-13(11-20-25)15-22-16(24-5-8-27-9-6-24)14-17(23-15)26-7-10-28-19(2,3)18(26)21-14/h11-12H,4-10H2,1-3H3. The Morgan fingerprint density at radius 2 is 1.89 bits per heavy atom. The van der Waals surface area contributed by atoms with Gasteiger partial charge in [0, 0.05) is 32.4 Å². The van der Waals surface area contributed by atoms with E-state index in [1.807, 2.05) is 17.1 Å². The maximum atomic E-state index is 5.96. The van der Waals surface area contributed by atoms with Crippen LogP contribution in [-0.4, -0.2) is 62.2 Å². The van der Waals surface area contributed by atoms with Crippen LogP contribution in [0.1, 0.15) is 26.6 Å². The van der Waals surface area contributed by atoms with Gasteiger partial charge in [-0.3, -0.25) is 4.68 Å². The molecule has 0 bridgehead atoms. The molecule has 5 rings (SSSR count). The number of hydrogen-bond donors (Lipinski definition) is 0. The molecule has 28 heavy (non-hydrogen) atoms. The molecular weight excluding hydrogens is 358 g/mol. The summed E-state index contributed by atoms with van der Waals surface area (Å²) >= 11 is 0. The smallest absolute Gasteiger partial charge is 0.167 e. The molecule has 9 heteroatoms. The molecule has 0 amide bonds. The van der Waals surface area contributed by atoms with Crippen LogP contribution in [0.3, 0.4) is 0 Å². The van der Waals surface area contributed by atoms with E-state index in [1.54, 1.807) is 0 Å². The van der Waals surface area contributed by atoms with Crippen LogP contribution in [0, 0.1) is 0 Å². The van der Waals surface area contributed by atoms with Gasteiger partial charge in [-0.25, -0.2) is 15.0 Å². The predicted octanol–water partition coefficient (Wildman–Crippen LogP) is 1.81. The van der Waals surface area contributed by atoms with Crippen molar-refractivity contribution in [1.82, 2.24) is 29.3 Å². The minimum Gasteiger partial charge on any atom is -0.378 e. The highest BCUT2D eigenvalue weighted by atomic mass is 16.5. The summed E-state index contributed by atoms with van der Waals surface area (Å²) in [4.78, 5) is 17.0. The molecule has 148 valence electrons. The summed E-state index contributed by atoms with van der Waals surface area (Å²) in [6.45, 7) is 11.3. The van der Waals surface area contributed by atoms with Gasteiger partial charge in [0.05, 0.1) is 31.6 Å². The highest BCUT2D eigenvalue weighted by Crippen LogP contribution is 2.35. The van der Waals surface area contributed by atoms with Crippen LogP contribution in [0.15, 0.2) is 12.4 Å². The highest BCUT2D eigenvalue weighted by molar-refractivity contribution is 5.86. The van der Waals surface area contributed by atoms with E-state index in [0.717, 1.165) is 54.5 Å². The fourth-order valence-electron chi connectivity index (χ4n) is 3.89. The van der Waals surface area contributed by atoms with E-state index in [9.17, 15) is 0 Å². The summed E-state index contributed by atoms with van der Waals surface area (Å²) in [6.07, 6.45) is 3.82. The van der Waals surface area contributed by atoms with Crippen molar-refractivity contribution in [2.45, 2.75) is 39.5 Å². The lowest BCUT2D eigenvalue weighted by Gasteiger charge is -2.30. The maximum absolute atomic E-state index is 5.96. The lowest BCUT2D eigenvalue weighted by molar-refractivity contribution is -0.0530. The van der Waals surface area contributed by atoms with Crippen LogP contribution in [0.5, 0.6) is 0 Å². The second-order valence-corrected chi connectivity index (χ2v) is 7.67. The van der Waals surface area contributed by atoms with E-state index in [1.165, 1.54) is 0 Å². The number of morpholine rings is 1. The molecule has 0 unspecified atom stereocenters. The molecule has 0 N–H and O–H groups in total. The second-order valence-electron chi connectivity index (χ2n) is 7.67. The van der Waals surface area contributed by atoms with Gasteiger partial charge in [0.25, 0.3) is 0 Å². The zero-order valence-electron chi connectivity index (χ0n) is 16.6. The Bertz CT molecular complexity index is 1020. The third kappa shape index (κ3) is 2.77. The molecule has 0 atom stereocenters. The van der Waals surface area contributed by atoms with Crippen LogP contribution >= 0.6 is 0 Å². The molecule has 0 aromatic carbocycles.